The van der Waals surface area contributed by atoms with Crippen molar-refractivity contribution < 1.29 is 24.2 Å². The molecule has 0 radical (unpaired) electrons. The molecule has 1 aliphatic rings. The zero-order valence-electron chi connectivity index (χ0n) is 12.4. The molecule has 0 saturated heterocycles. The monoisotopic (exact) mass is 293 g/mol. The van der Waals surface area contributed by atoms with E-state index in [0.29, 0.717) is 30.3 Å². The van der Waals surface area contributed by atoms with Gasteiger partial charge in [-0.05, 0) is 32.9 Å². The molecule has 114 valence electrons. The Bertz CT molecular complexity index is 567. The van der Waals surface area contributed by atoms with Crippen molar-refractivity contribution in [1.29, 1.82) is 0 Å². The zero-order valence-corrected chi connectivity index (χ0v) is 12.4. The molecule has 21 heavy (non-hydrogen) atoms. The predicted molar refractivity (Wildman–Crippen MR) is 75.9 cm³/mol. The second-order valence-electron chi connectivity index (χ2n) is 5.24. The fraction of sp³-hybridized carbons (Fsp3) is 0.467. The van der Waals surface area contributed by atoms with E-state index in [4.69, 9.17) is 9.47 Å². The van der Waals surface area contributed by atoms with Crippen LogP contribution in [-0.2, 0) is 4.79 Å². The van der Waals surface area contributed by atoms with Gasteiger partial charge in [0.2, 0.25) is 0 Å². The van der Waals surface area contributed by atoms with Gasteiger partial charge in [0.05, 0.1) is 5.56 Å². The van der Waals surface area contributed by atoms with Gasteiger partial charge in [-0.2, -0.15) is 0 Å². The summed E-state index contributed by atoms with van der Waals surface area (Å²) in [4.78, 5) is 25.4. The van der Waals surface area contributed by atoms with Crippen LogP contribution in [0.25, 0.3) is 0 Å². The molecule has 6 nitrogen and oxygen atoms in total. The topological polar surface area (TPSA) is 76.1 Å². The molecule has 1 aromatic rings. The van der Waals surface area contributed by atoms with E-state index in [2.05, 4.69) is 0 Å². The summed E-state index contributed by atoms with van der Waals surface area (Å²) in [6.45, 7) is 5.83. The first-order valence-corrected chi connectivity index (χ1v) is 6.83. The van der Waals surface area contributed by atoms with Gasteiger partial charge >= 0.3 is 5.97 Å². The number of carboxylic acids is 1. The Morgan fingerprint density at radius 3 is 2.57 bits per heavy atom. The Hall–Kier alpha value is -2.24. The molecule has 1 N–H and O–H groups in total. The zero-order chi connectivity index (χ0) is 15.6. The summed E-state index contributed by atoms with van der Waals surface area (Å²) in [6.07, 6.45) is 0. The van der Waals surface area contributed by atoms with Crippen LogP contribution in [0.3, 0.4) is 0 Å². The maximum absolute atomic E-state index is 12.7. The maximum atomic E-state index is 12.7. The predicted octanol–water partition coefficient (Wildman–Crippen LogP) is 1.78. The van der Waals surface area contributed by atoms with Crippen molar-refractivity contribution in [3.05, 3.63) is 23.8 Å². The highest BCUT2D eigenvalue weighted by molar-refractivity contribution is 6.00. The van der Waals surface area contributed by atoms with E-state index in [0.717, 1.165) is 0 Å². The van der Waals surface area contributed by atoms with Crippen LogP contribution in [0.4, 0.5) is 0 Å². The number of likely N-dealkylation sites (N-methyl/N-ethyl adjacent to an activating group) is 1. The Morgan fingerprint density at radius 1 is 1.29 bits per heavy atom. The lowest BCUT2D eigenvalue weighted by Gasteiger charge is -2.35. The first-order chi connectivity index (χ1) is 9.89. The summed E-state index contributed by atoms with van der Waals surface area (Å²) in [5.74, 6) is -0.545. The average molecular weight is 293 g/mol. The normalized spacial score (nSPS) is 13.7. The van der Waals surface area contributed by atoms with Crippen molar-refractivity contribution in [2.45, 2.75) is 26.3 Å². The maximum Gasteiger partial charge on any atom is 0.329 e. The molecule has 0 aliphatic carbocycles. The van der Waals surface area contributed by atoms with E-state index in [9.17, 15) is 14.7 Å². The standard InChI is InChI=1S/C15H19NO5/c1-4-16(15(2,3)14(18)19)13(17)10-6-5-7-11-12(10)21-9-8-20-11/h5-7H,4,8-9H2,1-3H3,(H,18,19). The molecule has 1 heterocycles. The van der Waals surface area contributed by atoms with E-state index in [1.54, 1.807) is 25.1 Å². The second-order valence-corrected chi connectivity index (χ2v) is 5.24. The Morgan fingerprint density at radius 2 is 1.95 bits per heavy atom. The smallest absolute Gasteiger partial charge is 0.329 e. The van der Waals surface area contributed by atoms with Crippen molar-refractivity contribution in [1.82, 2.24) is 4.90 Å². The first kappa shape index (κ1) is 15.2. The van der Waals surface area contributed by atoms with Gasteiger partial charge in [0.15, 0.2) is 11.5 Å². The van der Waals surface area contributed by atoms with Crippen LogP contribution < -0.4 is 9.47 Å². The van der Waals surface area contributed by atoms with Crippen molar-refractivity contribution in [3.63, 3.8) is 0 Å². The summed E-state index contributed by atoms with van der Waals surface area (Å²) in [7, 11) is 0. The highest BCUT2D eigenvalue weighted by Gasteiger charge is 2.38. The van der Waals surface area contributed by atoms with Crippen LogP contribution in [-0.4, -0.2) is 47.2 Å². The molecule has 1 aliphatic heterocycles. The van der Waals surface area contributed by atoms with E-state index in [-0.39, 0.29) is 12.5 Å². The molecule has 0 saturated carbocycles. The highest BCUT2D eigenvalue weighted by Crippen LogP contribution is 2.35. The molecule has 1 amide bonds. The van der Waals surface area contributed by atoms with Crippen molar-refractivity contribution in [2.24, 2.45) is 0 Å². The number of carboxylic acid groups (broad SMARTS) is 1. The van der Waals surface area contributed by atoms with Crippen LogP contribution in [0.1, 0.15) is 31.1 Å². The highest BCUT2D eigenvalue weighted by atomic mass is 16.6. The summed E-state index contributed by atoms with van der Waals surface area (Å²) < 4.78 is 11.0. The first-order valence-electron chi connectivity index (χ1n) is 6.83. The van der Waals surface area contributed by atoms with Gasteiger partial charge < -0.3 is 19.5 Å². The molecule has 0 bridgehead atoms. The molecule has 0 aromatic heterocycles. The summed E-state index contributed by atoms with van der Waals surface area (Å²) in [5, 5.41) is 9.33. The fourth-order valence-electron chi connectivity index (χ4n) is 2.30. The second kappa shape index (κ2) is 5.63. The van der Waals surface area contributed by atoms with E-state index >= 15 is 0 Å². The number of amides is 1. The van der Waals surface area contributed by atoms with Gasteiger partial charge in [-0.15, -0.1) is 0 Å². The number of para-hydroxylation sites is 1. The molecular weight excluding hydrogens is 274 g/mol. The van der Waals surface area contributed by atoms with Gasteiger partial charge in [-0.3, -0.25) is 4.79 Å². The molecule has 0 fully saturated rings. The minimum absolute atomic E-state index is 0.280. The van der Waals surface area contributed by atoms with Crippen LogP contribution >= 0.6 is 0 Å². The van der Waals surface area contributed by atoms with Gasteiger partial charge in [0.1, 0.15) is 18.8 Å². The van der Waals surface area contributed by atoms with Gasteiger partial charge in [-0.1, -0.05) is 6.07 Å². The number of benzene rings is 1. The van der Waals surface area contributed by atoms with Crippen LogP contribution in [0.5, 0.6) is 11.5 Å². The minimum Gasteiger partial charge on any atom is -0.486 e. The molecule has 0 spiro atoms. The molecular formula is C15H19NO5. The lowest BCUT2D eigenvalue weighted by atomic mass is 10.0. The number of ether oxygens (including phenoxy) is 2. The van der Waals surface area contributed by atoms with Crippen molar-refractivity contribution in [3.8, 4) is 11.5 Å². The van der Waals surface area contributed by atoms with Gasteiger partial charge in [0, 0.05) is 6.54 Å². The summed E-state index contributed by atoms with van der Waals surface area (Å²) in [5.41, 5.74) is -0.979. The van der Waals surface area contributed by atoms with Crippen molar-refractivity contribution in [2.75, 3.05) is 19.8 Å². The number of hydrogen-bond donors (Lipinski definition) is 1. The Labute approximate surface area is 123 Å². The molecule has 0 unspecified atom stereocenters. The Kier molecular flexibility index (Phi) is 4.06. The summed E-state index contributed by atoms with van der Waals surface area (Å²) >= 11 is 0. The molecule has 1 aromatic carbocycles. The van der Waals surface area contributed by atoms with Crippen molar-refractivity contribution >= 4 is 11.9 Å². The Balaban J connectivity index is 2.41. The lowest BCUT2D eigenvalue weighted by molar-refractivity contribution is -0.147. The number of hydrogen-bond acceptors (Lipinski definition) is 4. The van der Waals surface area contributed by atoms with Crippen LogP contribution in [0, 0.1) is 0 Å². The quantitative estimate of drug-likeness (QED) is 0.915. The third-order valence-electron chi connectivity index (χ3n) is 3.56. The average Bonchev–Trinajstić information content (AvgIpc) is 2.46. The van der Waals surface area contributed by atoms with Gasteiger partial charge in [0.25, 0.3) is 5.91 Å². The van der Waals surface area contributed by atoms with Crippen LogP contribution in [0.15, 0.2) is 18.2 Å². The summed E-state index contributed by atoms with van der Waals surface area (Å²) in [6, 6.07) is 5.04. The molecule has 6 heteroatoms. The largest absolute Gasteiger partial charge is 0.486 e. The third kappa shape index (κ3) is 2.66. The molecule has 0 atom stereocenters. The number of fused-ring (bicyclic) bond motifs is 1. The van der Waals surface area contributed by atoms with Crippen LogP contribution in [0.2, 0.25) is 0 Å². The van der Waals surface area contributed by atoms with Gasteiger partial charge in [-0.25, -0.2) is 4.79 Å². The fourth-order valence-corrected chi connectivity index (χ4v) is 2.30. The van der Waals surface area contributed by atoms with E-state index < -0.39 is 11.5 Å². The van der Waals surface area contributed by atoms with E-state index in [1.165, 1.54) is 18.7 Å². The number of carbonyl (C=O) groups excluding carboxylic acids is 1. The third-order valence-corrected chi connectivity index (χ3v) is 3.56. The lowest BCUT2D eigenvalue weighted by Crippen LogP contribution is -2.53. The number of carbonyl (C=O) groups is 2. The SMILES string of the molecule is CCN(C(=O)c1cccc2c1OCCO2)C(C)(C)C(=O)O. The minimum atomic E-state index is -1.30. The molecule has 2 rings (SSSR count). The number of aliphatic carboxylic acids is 1. The number of nitrogens with zero attached hydrogens (tertiary/aromatic N) is 1. The van der Waals surface area contributed by atoms with E-state index in [1.807, 2.05) is 0 Å². The number of rotatable bonds is 4.